The van der Waals surface area contributed by atoms with Gasteiger partial charge >= 0.3 is 0 Å². The Labute approximate surface area is 187 Å². The minimum absolute atomic E-state index is 0.317. The number of fused-ring (bicyclic) bond motifs is 1. The topological polar surface area (TPSA) is 45.6 Å². The summed E-state index contributed by atoms with van der Waals surface area (Å²) < 4.78 is 29.4. The Morgan fingerprint density at radius 1 is 1.00 bits per heavy atom. The van der Waals surface area contributed by atoms with E-state index < -0.39 is 10.0 Å². The summed E-state index contributed by atoms with van der Waals surface area (Å²) in [6, 6.07) is 13.1. The molecule has 0 radical (unpaired) electrons. The zero-order valence-electron chi connectivity index (χ0n) is 17.7. The molecular weight excluding hydrogens is 462 g/mol. The molecule has 0 spiro atoms. The first-order valence-electron chi connectivity index (χ1n) is 10.3. The number of piperazine rings is 1. The van der Waals surface area contributed by atoms with Gasteiger partial charge in [0.1, 0.15) is 0 Å². The van der Waals surface area contributed by atoms with Gasteiger partial charge in [0.05, 0.1) is 10.4 Å². The molecule has 3 aromatic rings. The maximum Gasteiger partial charge on any atom is 0.268 e. The van der Waals surface area contributed by atoms with Crippen molar-refractivity contribution in [2.24, 2.45) is 0 Å². The number of hydrogen-bond acceptors (Lipinski definition) is 4. The van der Waals surface area contributed by atoms with Crippen molar-refractivity contribution in [1.29, 1.82) is 0 Å². The summed E-state index contributed by atoms with van der Waals surface area (Å²) in [4.78, 5) is 5.03. The number of likely N-dealkylation sites (N-methyl/N-ethyl adjacent to an activating group) is 1. The maximum absolute atomic E-state index is 13.5. The Bertz CT molecular complexity index is 1150. The molecule has 160 valence electrons. The van der Waals surface area contributed by atoms with Crippen LogP contribution in [0.4, 0.5) is 0 Å². The van der Waals surface area contributed by atoms with E-state index >= 15 is 0 Å². The van der Waals surface area contributed by atoms with Crippen LogP contribution in [0.15, 0.2) is 58.0 Å². The van der Waals surface area contributed by atoms with Crippen molar-refractivity contribution < 1.29 is 8.42 Å². The SMILES string of the molecule is CC(C)c1ccc(S(=O)(=O)n2cc(CN3CCN(C)CC3)c3cc(Br)ccc32)cc1. The fraction of sp³-hybridized carbons (Fsp3) is 0.391. The van der Waals surface area contributed by atoms with E-state index in [1.54, 1.807) is 18.3 Å². The molecule has 2 heterocycles. The van der Waals surface area contributed by atoms with E-state index in [1.807, 2.05) is 30.3 Å². The van der Waals surface area contributed by atoms with Crippen LogP contribution < -0.4 is 0 Å². The van der Waals surface area contributed by atoms with E-state index in [9.17, 15) is 8.42 Å². The number of benzene rings is 2. The third kappa shape index (κ3) is 4.21. The summed E-state index contributed by atoms with van der Waals surface area (Å²) in [5.41, 5.74) is 2.89. The Balaban J connectivity index is 1.75. The largest absolute Gasteiger partial charge is 0.304 e. The third-order valence-corrected chi connectivity index (χ3v) is 8.09. The predicted octanol–water partition coefficient (Wildman–Crippen LogP) is 4.51. The van der Waals surface area contributed by atoms with E-state index in [2.05, 4.69) is 46.6 Å². The highest BCUT2D eigenvalue weighted by molar-refractivity contribution is 9.10. The van der Waals surface area contributed by atoms with E-state index in [0.29, 0.717) is 10.8 Å². The van der Waals surface area contributed by atoms with Gasteiger partial charge in [-0.05, 0) is 54.4 Å². The Morgan fingerprint density at radius 3 is 2.30 bits per heavy atom. The van der Waals surface area contributed by atoms with Crippen molar-refractivity contribution in [2.75, 3.05) is 33.2 Å². The number of aromatic nitrogens is 1. The highest BCUT2D eigenvalue weighted by Crippen LogP contribution is 2.30. The van der Waals surface area contributed by atoms with Gasteiger partial charge in [-0.1, -0.05) is 41.9 Å². The van der Waals surface area contributed by atoms with Crippen LogP contribution in [0.3, 0.4) is 0 Å². The number of hydrogen-bond donors (Lipinski definition) is 0. The van der Waals surface area contributed by atoms with Crippen LogP contribution in [0, 0.1) is 0 Å². The summed E-state index contributed by atoms with van der Waals surface area (Å²) >= 11 is 3.55. The molecule has 4 rings (SSSR count). The van der Waals surface area contributed by atoms with Crippen LogP contribution in [-0.2, 0) is 16.6 Å². The van der Waals surface area contributed by atoms with Crippen molar-refractivity contribution in [3.63, 3.8) is 0 Å². The van der Waals surface area contributed by atoms with Crippen LogP contribution in [0.5, 0.6) is 0 Å². The monoisotopic (exact) mass is 489 g/mol. The van der Waals surface area contributed by atoms with Gasteiger partial charge in [-0.15, -0.1) is 0 Å². The molecule has 1 aliphatic rings. The van der Waals surface area contributed by atoms with Gasteiger partial charge in [0.2, 0.25) is 0 Å². The fourth-order valence-electron chi connectivity index (χ4n) is 3.95. The zero-order valence-corrected chi connectivity index (χ0v) is 20.1. The molecular formula is C23H28BrN3O2S. The summed E-state index contributed by atoms with van der Waals surface area (Å²) in [6.45, 7) is 8.99. The average Bonchev–Trinajstić information content (AvgIpc) is 3.08. The van der Waals surface area contributed by atoms with Gasteiger partial charge in [0.15, 0.2) is 0 Å². The fourth-order valence-corrected chi connectivity index (χ4v) is 5.70. The maximum atomic E-state index is 13.5. The lowest BCUT2D eigenvalue weighted by Crippen LogP contribution is -2.43. The number of nitrogens with zero attached hydrogens (tertiary/aromatic N) is 3. The van der Waals surface area contributed by atoms with Gasteiger partial charge in [-0.2, -0.15) is 0 Å². The molecule has 1 saturated heterocycles. The molecule has 2 aromatic carbocycles. The molecule has 0 aliphatic carbocycles. The predicted molar refractivity (Wildman–Crippen MR) is 126 cm³/mol. The van der Waals surface area contributed by atoms with E-state index in [0.717, 1.165) is 59.2 Å². The number of halogens is 1. The van der Waals surface area contributed by atoms with Crippen molar-refractivity contribution in [1.82, 2.24) is 13.8 Å². The van der Waals surface area contributed by atoms with Crippen molar-refractivity contribution in [3.05, 3.63) is 64.3 Å². The first-order chi connectivity index (χ1) is 14.3. The molecule has 7 heteroatoms. The Hall–Kier alpha value is -1.67. The van der Waals surface area contributed by atoms with Crippen LogP contribution in [0.2, 0.25) is 0 Å². The minimum Gasteiger partial charge on any atom is -0.304 e. The highest BCUT2D eigenvalue weighted by Gasteiger charge is 2.23. The Morgan fingerprint density at radius 2 is 1.67 bits per heavy atom. The molecule has 0 amide bonds. The summed E-state index contributed by atoms with van der Waals surface area (Å²) in [6.07, 6.45) is 1.81. The van der Waals surface area contributed by atoms with E-state index in [1.165, 1.54) is 3.97 Å². The molecule has 1 fully saturated rings. The smallest absolute Gasteiger partial charge is 0.268 e. The molecule has 1 aliphatic heterocycles. The second-order valence-electron chi connectivity index (χ2n) is 8.42. The normalized spacial score (nSPS) is 16.6. The third-order valence-electron chi connectivity index (χ3n) is 5.91. The minimum atomic E-state index is -3.68. The van der Waals surface area contributed by atoms with Crippen LogP contribution in [0.1, 0.15) is 30.9 Å². The lowest BCUT2D eigenvalue weighted by atomic mass is 10.0. The molecule has 30 heavy (non-hydrogen) atoms. The van der Waals surface area contributed by atoms with Gasteiger partial charge in [0, 0.05) is 48.8 Å². The first kappa shape index (κ1) is 21.6. The van der Waals surface area contributed by atoms with Crippen LogP contribution in [0.25, 0.3) is 10.9 Å². The molecule has 0 atom stereocenters. The van der Waals surface area contributed by atoms with Crippen LogP contribution >= 0.6 is 15.9 Å². The van der Waals surface area contributed by atoms with E-state index in [-0.39, 0.29) is 0 Å². The standard InChI is InChI=1S/C23H28BrN3O2S/c1-17(2)18-4-7-21(8-5-18)30(28,29)27-16-19(15-26-12-10-25(3)11-13-26)22-14-20(24)6-9-23(22)27/h4-9,14,16-17H,10-13,15H2,1-3H3. The quantitative estimate of drug-likeness (QED) is 0.528. The summed E-state index contributed by atoms with van der Waals surface area (Å²) in [7, 11) is -1.54. The van der Waals surface area contributed by atoms with Gasteiger partial charge in [-0.3, -0.25) is 4.90 Å². The zero-order chi connectivity index (χ0) is 21.5. The Kier molecular flexibility index (Phi) is 6.08. The summed E-state index contributed by atoms with van der Waals surface area (Å²) in [5.74, 6) is 0.363. The van der Waals surface area contributed by atoms with Gasteiger partial charge in [-0.25, -0.2) is 12.4 Å². The van der Waals surface area contributed by atoms with Gasteiger partial charge < -0.3 is 4.90 Å². The van der Waals surface area contributed by atoms with Crippen molar-refractivity contribution in [2.45, 2.75) is 31.2 Å². The summed E-state index contributed by atoms with van der Waals surface area (Å²) in [5, 5.41) is 0.977. The molecule has 0 unspecified atom stereocenters. The average molecular weight is 490 g/mol. The molecule has 0 bridgehead atoms. The first-order valence-corrected chi connectivity index (χ1v) is 12.5. The highest BCUT2D eigenvalue weighted by atomic mass is 79.9. The van der Waals surface area contributed by atoms with Crippen LogP contribution in [-0.4, -0.2) is 55.4 Å². The van der Waals surface area contributed by atoms with Gasteiger partial charge in [0.25, 0.3) is 10.0 Å². The molecule has 0 saturated carbocycles. The van der Waals surface area contributed by atoms with Crippen molar-refractivity contribution in [3.8, 4) is 0 Å². The van der Waals surface area contributed by atoms with E-state index in [4.69, 9.17) is 0 Å². The number of rotatable bonds is 5. The molecule has 1 aromatic heterocycles. The molecule has 5 nitrogen and oxygen atoms in total. The second kappa shape index (κ2) is 8.46. The molecule has 0 N–H and O–H groups in total. The van der Waals surface area contributed by atoms with Crippen molar-refractivity contribution >= 4 is 36.9 Å². The second-order valence-corrected chi connectivity index (χ2v) is 11.2. The lowest BCUT2D eigenvalue weighted by Gasteiger charge is -2.32. The lowest BCUT2D eigenvalue weighted by molar-refractivity contribution is 0.148.